The molecule has 0 spiro atoms. The molecule has 1 aromatic heterocycles. The van der Waals surface area contributed by atoms with Crippen LogP contribution in [0.25, 0.3) is 0 Å². The second-order valence-electron chi connectivity index (χ2n) is 6.76. The molecular formula is C17H24N2O3. The summed E-state index contributed by atoms with van der Waals surface area (Å²) < 4.78 is 5.45. The number of aromatic nitrogens is 1. The summed E-state index contributed by atoms with van der Waals surface area (Å²) in [5.74, 6) is -0.513. The molecule has 0 bridgehead atoms. The van der Waals surface area contributed by atoms with E-state index in [0.29, 0.717) is 24.3 Å². The lowest BCUT2D eigenvalue weighted by molar-refractivity contribution is -0.161. The number of nitrogens with zero attached hydrogens (tertiary/aromatic N) is 2. The van der Waals surface area contributed by atoms with Crippen LogP contribution in [-0.2, 0) is 9.53 Å². The first-order valence-electron chi connectivity index (χ1n) is 7.71. The number of pyridine rings is 1. The Balaban J connectivity index is 2.06. The highest BCUT2D eigenvalue weighted by Crippen LogP contribution is 2.22. The first-order valence-corrected chi connectivity index (χ1v) is 7.71. The van der Waals surface area contributed by atoms with Crippen LogP contribution in [-0.4, -0.2) is 40.5 Å². The summed E-state index contributed by atoms with van der Waals surface area (Å²) >= 11 is 0. The zero-order chi connectivity index (χ0) is 16.3. The number of likely N-dealkylation sites (tertiary alicyclic amines) is 1. The van der Waals surface area contributed by atoms with Crippen molar-refractivity contribution in [2.45, 2.75) is 46.1 Å². The van der Waals surface area contributed by atoms with Crippen molar-refractivity contribution in [2.24, 2.45) is 5.92 Å². The van der Waals surface area contributed by atoms with E-state index < -0.39 is 5.60 Å². The maximum atomic E-state index is 12.6. The van der Waals surface area contributed by atoms with Gasteiger partial charge >= 0.3 is 5.97 Å². The van der Waals surface area contributed by atoms with E-state index >= 15 is 0 Å². The summed E-state index contributed by atoms with van der Waals surface area (Å²) in [4.78, 5) is 30.7. The van der Waals surface area contributed by atoms with Gasteiger partial charge in [-0.2, -0.15) is 0 Å². The third-order valence-electron chi connectivity index (χ3n) is 3.69. The number of carbonyl (C=O) groups excluding carboxylic acids is 2. The molecule has 1 aliphatic heterocycles. The van der Waals surface area contributed by atoms with Gasteiger partial charge in [0.1, 0.15) is 5.60 Å². The second-order valence-corrected chi connectivity index (χ2v) is 6.76. The summed E-state index contributed by atoms with van der Waals surface area (Å²) in [7, 11) is 0. The van der Waals surface area contributed by atoms with Crippen molar-refractivity contribution in [3.8, 4) is 0 Å². The highest BCUT2D eigenvalue weighted by molar-refractivity contribution is 5.95. The zero-order valence-corrected chi connectivity index (χ0v) is 13.8. The Morgan fingerprint density at radius 1 is 1.36 bits per heavy atom. The standard InChI is InChI=1S/C17H24N2O3/c1-12-14(8-5-9-18-12)15(20)19-10-6-7-13(11-19)16(21)22-17(2,3)4/h5,8-9,13H,6-7,10-11H2,1-4H3/t13-/m0/s1. The Labute approximate surface area is 131 Å². The van der Waals surface area contributed by atoms with Crippen LogP contribution in [0.1, 0.15) is 49.7 Å². The molecule has 1 aliphatic rings. The average Bonchev–Trinajstić information content (AvgIpc) is 2.45. The molecule has 0 saturated carbocycles. The van der Waals surface area contributed by atoms with Crippen molar-refractivity contribution in [3.63, 3.8) is 0 Å². The Morgan fingerprint density at radius 2 is 2.09 bits per heavy atom. The van der Waals surface area contributed by atoms with Crippen molar-refractivity contribution >= 4 is 11.9 Å². The van der Waals surface area contributed by atoms with E-state index in [4.69, 9.17) is 4.74 Å². The predicted octanol–water partition coefficient (Wildman–Crippen LogP) is 2.58. The van der Waals surface area contributed by atoms with E-state index in [2.05, 4.69) is 4.98 Å². The summed E-state index contributed by atoms with van der Waals surface area (Å²) in [5, 5.41) is 0. The van der Waals surface area contributed by atoms with Gasteiger partial charge in [0.2, 0.25) is 0 Å². The Morgan fingerprint density at radius 3 is 2.73 bits per heavy atom. The summed E-state index contributed by atoms with van der Waals surface area (Å²) in [5.41, 5.74) is 0.822. The maximum absolute atomic E-state index is 12.6. The number of rotatable bonds is 2. The van der Waals surface area contributed by atoms with Crippen LogP contribution in [0.3, 0.4) is 0 Å². The van der Waals surface area contributed by atoms with E-state index in [1.807, 2.05) is 27.7 Å². The van der Waals surface area contributed by atoms with E-state index in [1.54, 1.807) is 23.2 Å². The predicted molar refractivity (Wildman–Crippen MR) is 83.4 cm³/mol. The lowest BCUT2D eigenvalue weighted by Gasteiger charge is -2.33. The molecule has 5 nitrogen and oxygen atoms in total. The summed E-state index contributed by atoms with van der Waals surface area (Å²) in [6, 6.07) is 3.54. The van der Waals surface area contributed by atoms with Gasteiger partial charge in [-0.3, -0.25) is 14.6 Å². The van der Waals surface area contributed by atoms with Gasteiger partial charge in [-0.25, -0.2) is 0 Å². The van der Waals surface area contributed by atoms with Gasteiger partial charge < -0.3 is 9.64 Å². The smallest absolute Gasteiger partial charge is 0.311 e. The van der Waals surface area contributed by atoms with Gasteiger partial charge in [-0.05, 0) is 52.7 Å². The number of piperidine rings is 1. The molecule has 1 saturated heterocycles. The molecule has 1 atom stereocenters. The summed E-state index contributed by atoms with van der Waals surface area (Å²) in [6.07, 6.45) is 3.26. The fourth-order valence-electron chi connectivity index (χ4n) is 2.62. The number of carbonyl (C=O) groups is 2. The van der Waals surface area contributed by atoms with Crippen molar-refractivity contribution < 1.29 is 14.3 Å². The SMILES string of the molecule is Cc1ncccc1C(=O)N1CCC[C@H](C(=O)OC(C)(C)C)C1. The first kappa shape index (κ1) is 16.5. The van der Waals surface area contributed by atoms with Gasteiger partial charge in [0.25, 0.3) is 5.91 Å². The third kappa shape index (κ3) is 4.06. The Kier molecular flexibility index (Phi) is 4.84. The second kappa shape index (κ2) is 6.46. The molecule has 1 fully saturated rings. The molecule has 0 radical (unpaired) electrons. The molecular weight excluding hydrogens is 280 g/mol. The lowest BCUT2D eigenvalue weighted by Crippen LogP contribution is -2.44. The Hall–Kier alpha value is -1.91. The normalized spacial score (nSPS) is 18.9. The van der Waals surface area contributed by atoms with Crippen LogP contribution in [0.4, 0.5) is 0 Å². The maximum Gasteiger partial charge on any atom is 0.311 e. The van der Waals surface area contributed by atoms with Crippen LogP contribution in [0.2, 0.25) is 0 Å². The minimum atomic E-state index is -0.497. The molecule has 120 valence electrons. The van der Waals surface area contributed by atoms with E-state index in [1.165, 1.54) is 0 Å². The molecule has 0 unspecified atom stereocenters. The van der Waals surface area contributed by atoms with E-state index in [-0.39, 0.29) is 17.8 Å². The summed E-state index contributed by atoms with van der Waals surface area (Å²) in [6.45, 7) is 8.48. The first-order chi connectivity index (χ1) is 10.3. The van der Waals surface area contributed by atoms with Gasteiger partial charge in [0, 0.05) is 25.0 Å². The van der Waals surface area contributed by atoms with Crippen LogP contribution in [0.5, 0.6) is 0 Å². The molecule has 1 aromatic rings. The minimum Gasteiger partial charge on any atom is -0.460 e. The monoisotopic (exact) mass is 304 g/mol. The number of esters is 1. The lowest BCUT2D eigenvalue weighted by atomic mass is 9.97. The molecule has 0 N–H and O–H groups in total. The van der Waals surface area contributed by atoms with E-state index in [9.17, 15) is 9.59 Å². The van der Waals surface area contributed by atoms with Crippen molar-refractivity contribution in [2.75, 3.05) is 13.1 Å². The molecule has 2 heterocycles. The fraction of sp³-hybridized carbons (Fsp3) is 0.588. The van der Waals surface area contributed by atoms with E-state index in [0.717, 1.165) is 12.8 Å². The zero-order valence-electron chi connectivity index (χ0n) is 13.8. The number of hydrogen-bond donors (Lipinski definition) is 0. The van der Waals surface area contributed by atoms with Crippen LogP contribution >= 0.6 is 0 Å². The fourth-order valence-corrected chi connectivity index (χ4v) is 2.62. The van der Waals surface area contributed by atoms with Gasteiger partial charge in [0.15, 0.2) is 0 Å². The third-order valence-corrected chi connectivity index (χ3v) is 3.69. The van der Waals surface area contributed by atoms with Gasteiger partial charge in [-0.1, -0.05) is 0 Å². The van der Waals surface area contributed by atoms with Crippen LogP contribution in [0.15, 0.2) is 18.3 Å². The largest absolute Gasteiger partial charge is 0.460 e. The van der Waals surface area contributed by atoms with Crippen molar-refractivity contribution in [1.29, 1.82) is 0 Å². The van der Waals surface area contributed by atoms with Crippen molar-refractivity contribution in [3.05, 3.63) is 29.6 Å². The molecule has 22 heavy (non-hydrogen) atoms. The molecule has 2 rings (SSSR count). The number of aryl methyl sites for hydroxylation is 1. The van der Waals surface area contributed by atoms with Crippen molar-refractivity contribution in [1.82, 2.24) is 9.88 Å². The molecule has 0 aromatic carbocycles. The number of hydrogen-bond acceptors (Lipinski definition) is 4. The van der Waals surface area contributed by atoms with Gasteiger partial charge in [-0.15, -0.1) is 0 Å². The number of amides is 1. The van der Waals surface area contributed by atoms with Crippen LogP contribution in [0, 0.1) is 12.8 Å². The molecule has 0 aliphatic carbocycles. The highest BCUT2D eigenvalue weighted by atomic mass is 16.6. The quantitative estimate of drug-likeness (QED) is 0.788. The Bertz CT molecular complexity index is 563. The highest BCUT2D eigenvalue weighted by Gasteiger charge is 2.32. The average molecular weight is 304 g/mol. The van der Waals surface area contributed by atoms with Gasteiger partial charge in [0.05, 0.1) is 11.5 Å². The van der Waals surface area contributed by atoms with Crippen LogP contribution < -0.4 is 0 Å². The molecule has 5 heteroatoms. The minimum absolute atomic E-state index is 0.0566. The number of ether oxygens (including phenoxy) is 1. The molecule has 1 amide bonds. The topological polar surface area (TPSA) is 59.5 Å².